The molecule has 0 saturated carbocycles. The molecule has 4 heterocycles. The van der Waals surface area contributed by atoms with Gasteiger partial charge >= 0.3 is 12.3 Å². The number of alkyl halides is 3. The average Bonchev–Trinajstić information content (AvgIpc) is 2.94. The Bertz CT molecular complexity index is 1360. The predicted molar refractivity (Wildman–Crippen MR) is 138 cm³/mol. The van der Waals surface area contributed by atoms with E-state index in [0.29, 0.717) is 75.0 Å². The first-order valence-electron chi connectivity index (χ1n) is 12.4. The lowest BCUT2D eigenvalue weighted by atomic mass is 9.96. The lowest BCUT2D eigenvalue weighted by molar-refractivity contribution is -0.137. The van der Waals surface area contributed by atoms with Crippen LogP contribution in [0.25, 0.3) is 11.3 Å². The van der Waals surface area contributed by atoms with Crippen LogP contribution in [0, 0.1) is 5.82 Å². The summed E-state index contributed by atoms with van der Waals surface area (Å²) in [7, 11) is 0. The van der Waals surface area contributed by atoms with Gasteiger partial charge in [0.2, 0.25) is 0 Å². The van der Waals surface area contributed by atoms with Gasteiger partial charge in [-0.15, -0.1) is 0 Å². The number of halogens is 5. The van der Waals surface area contributed by atoms with E-state index in [1.165, 1.54) is 29.3 Å². The molecular weight excluding hydrogens is 540 g/mol. The highest BCUT2D eigenvalue weighted by Crippen LogP contribution is 2.36. The molecule has 8 nitrogen and oxygen atoms in total. The van der Waals surface area contributed by atoms with Crippen molar-refractivity contribution in [2.45, 2.75) is 24.9 Å². The highest BCUT2D eigenvalue weighted by molar-refractivity contribution is 6.31. The summed E-state index contributed by atoms with van der Waals surface area (Å²) in [6.45, 7) is 2.10. The number of likely N-dealkylation sites (tertiary alicyclic amines) is 1. The zero-order valence-corrected chi connectivity index (χ0v) is 21.5. The highest BCUT2D eigenvalue weighted by Gasteiger charge is 2.36. The van der Waals surface area contributed by atoms with Crippen LogP contribution in [0.15, 0.2) is 42.6 Å². The van der Waals surface area contributed by atoms with Crippen LogP contribution in [0.5, 0.6) is 0 Å². The van der Waals surface area contributed by atoms with Gasteiger partial charge < -0.3 is 19.8 Å². The van der Waals surface area contributed by atoms with Crippen molar-refractivity contribution < 1.29 is 27.5 Å². The molecule has 39 heavy (non-hydrogen) atoms. The van der Waals surface area contributed by atoms with E-state index in [1.807, 2.05) is 4.90 Å². The number of hydrogen-bond donors (Lipinski definition) is 1. The number of amides is 1. The Kier molecular flexibility index (Phi) is 7.48. The third-order valence-corrected chi connectivity index (χ3v) is 7.36. The summed E-state index contributed by atoms with van der Waals surface area (Å²) in [4.78, 5) is 29.8. The van der Waals surface area contributed by atoms with E-state index < -0.39 is 23.7 Å². The number of pyridine rings is 1. The molecule has 0 aliphatic carbocycles. The standard InChI is InChI=1S/C26H25ClF4N6O2/c27-19-14-17(3-4-20(19)28)21-15-22(34-23(33-21)16-5-8-37(9-6-16)25(38)39)35-10-12-36(13-11-35)24-18(26(29,30)31)2-1-7-32-24/h1-4,7,14-16H,5-6,8-13H2,(H,38,39). The lowest BCUT2D eigenvalue weighted by Crippen LogP contribution is -2.47. The second-order valence-electron chi connectivity index (χ2n) is 9.49. The number of piperazine rings is 1. The van der Waals surface area contributed by atoms with Gasteiger partial charge in [0.1, 0.15) is 23.3 Å². The molecule has 0 bridgehead atoms. The van der Waals surface area contributed by atoms with Gasteiger partial charge in [0.05, 0.1) is 16.3 Å². The minimum absolute atomic E-state index is 0.0478. The molecule has 0 spiro atoms. The summed E-state index contributed by atoms with van der Waals surface area (Å²) in [6, 6.07) is 8.38. The summed E-state index contributed by atoms with van der Waals surface area (Å²) in [5.74, 6) is 0.395. The molecular formula is C26H25ClF4N6O2. The second-order valence-corrected chi connectivity index (χ2v) is 9.90. The van der Waals surface area contributed by atoms with Crippen LogP contribution >= 0.6 is 11.6 Å². The van der Waals surface area contributed by atoms with E-state index in [4.69, 9.17) is 21.6 Å². The van der Waals surface area contributed by atoms with E-state index in [-0.39, 0.29) is 16.8 Å². The largest absolute Gasteiger partial charge is 0.465 e. The molecule has 2 fully saturated rings. The zero-order chi connectivity index (χ0) is 27.7. The second kappa shape index (κ2) is 10.8. The van der Waals surface area contributed by atoms with Crippen LogP contribution in [-0.2, 0) is 6.18 Å². The van der Waals surface area contributed by atoms with Crippen molar-refractivity contribution in [3.8, 4) is 11.3 Å². The van der Waals surface area contributed by atoms with Crippen molar-refractivity contribution in [3.63, 3.8) is 0 Å². The third-order valence-electron chi connectivity index (χ3n) is 7.07. The van der Waals surface area contributed by atoms with Crippen LogP contribution < -0.4 is 9.80 Å². The lowest BCUT2D eigenvalue weighted by Gasteiger charge is -2.37. The topological polar surface area (TPSA) is 85.7 Å². The number of piperidine rings is 1. The maximum atomic E-state index is 13.8. The van der Waals surface area contributed by atoms with Crippen LogP contribution in [0.1, 0.15) is 30.1 Å². The van der Waals surface area contributed by atoms with Gasteiger partial charge in [-0.1, -0.05) is 11.6 Å². The molecule has 0 atom stereocenters. The van der Waals surface area contributed by atoms with Crippen molar-refractivity contribution in [2.24, 2.45) is 0 Å². The number of rotatable bonds is 4. The number of anilines is 2. The van der Waals surface area contributed by atoms with Crippen molar-refractivity contribution in [1.82, 2.24) is 19.9 Å². The smallest absolute Gasteiger partial charge is 0.419 e. The molecule has 5 rings (SSSR count). The molecule has 3 aromatic rings. The minimum atomic E-state index is -4.51. The average molecular weight is 565 g/mol. The molecule has 2 aliphatic heterocycles. The number of benzene rings is 1. The van der Waals surface area contributed by atoms with Crippen molar-refractivity contribution in [2.75, 3.05) is 49.1 Å². The fourth-order valence-corrected chi connectivity index (χ4v) is 5.13. The van der Waals surface area contributed by atoms with E-state index >= 15 is 0 Å². The first-order valence-corrected chi connectivity index (χ1v) is 12.8. The molecule has 0 unspecified atom stereocenters. The van der Waals surface area contributed by atoms with E-state index in [0.717, 1.165) is 6.07 Å². The highest BCUT2D eigenvalue weighted by atomic mass is 35.5. The normalized spacial score (nSPS) is 17.0. The Morgan fingerprint density at radius 2 is 1.67 bits per heavy atom. The number of hydrogen-bond acceptors (Lipinski definition) is 6. The van der Waals surface area contributed by atoms with Gasteiger partial charge in [-0.05, 0) is 43.2 Å². The van der Waals surface area contributed by atoms with Crippen molar-refractivity contribution in [3.05, 3.63) is 64.8 Å². The molecule has 2 aliphatic rings. The molecule has 1 amide bonds. The van der Waals surface area contributed by atoms with Gasteiger partial charge in [0.25, 0.3) is 0 Å². The number of carbonyl (C=O) groups is 1. The molecule has 2 aromatic heterocycles. The maximum Gasteiger partial charge on any atom is 0.419 e. The maximum absolute atomic E-state index is 13.8. The Balaban J connectivity index is 1.42. The fourth-order valence-electron chi connectivity index (χ4n) is 4.95. The predicted octanol–water partition coefficient (Wildman–Crippen LogP) is 5.53. The number of nitrogens with zero attached hydrogens (tertiary/aromatic N) is 6. The van der Waals surface area contributed by atoms with E-state index in [1.54, 1.807) is 17.0 Å². The monoisotopic (exact) mass is 564 g/mol. The van der Waals surface area contributed by atoms with Crippen LogP contribution in [0.3, 0.4) is 0 Å². The first kappa shape index (κ1) is 26.9. The summed E-state index contributed by atoms with van der Waals surface area (Å²) >= 11 is 6.02. The summed E-state index contributed by atoms with van der Waals surface area (Å²) < 4.78 is 54.4. The van der Waals surface area contributed by atoms with Gasteiger partial charge in [-0.3, -0.25) is 0 Å². The number of aromatic nitrogens is 3. The summed E-state index contributed by atoms with van der Waals surface area (Å²) in [5.41, 5.74) is 0.353. The molecule has 206 valence electrons. The van der Waals surface area contributed by atoms with Crippen LogP contribution in [0.4, 0.5) is 34.0 Å². The Morgan fingerprint density at radius 1 is 0.974 bits per heavy atom. The first-order chi connectivity index (χ1) is 18.6. The quantitative estimate of drug-likeness (QED) is 0.417. The summed E-state index contributed by atoms with van der Waals surface area (Å²) in [5, 5.41) is 9.24. The fraction of sp³-hybridized carbons (Fsp3) is 0.385. The van der Waals surface area contributed by atoms with E-state index in [2.05, 4.69) is 4.98 Å². The van der Waals surface area contributed by atoms with Gasteiger partial charge in [-0.2, -0.15) is 13.2 Å². The van der Waals surface area contributed by atoms with Gasteiger partial charge in [-0.25, -0.2) is 24.1 Å². The molecule has 13 heteroatoms. The van der Waals surface area contributed by atoms with Gasteiger partial charge in [0.15, 0.2) is 0 Å². The molecule has 1 N–H and O–H groups in total. The van der Waals surface area contributed by atoms with Crippen molar-refractivity contribution in [1.29, 1.82) is 0 Å². The zero-order valence-electron chi connectivity index (χ0n) is 20.7. The van der Waals surface area contributed by atoms with E-state index in [9.17, 15) is 27.5 Å². The Morgan fingerprint density at radius 3 is 2.31 bits per heavy atom. The third kappa shape index (κ3) is 5.85. The van der Waals surface area contributed by atoms with Crippen LogP contribution in [-0.4, -0.2) is 70.3 Å². The Labute approximate surface area is 226 Å². The minimum Gasteiger partial charge on any atom is -0.465 e. The van der Waals surface area contributed by atoms with Crippen LogP contribution in [0.2, 0.25) is 5.02 Å². The summed E-state index contributed by atoms with van der Waals surface area (Å²) in [6.07, 6.45) is -3.03. The SMILES string of the molecule is O=C(O)N1CCC(c2nc(-c3ccc(F)c(Cl)c3)cc(N3CCN(c4ncccc4C(F)(F)F)CC3)n2)CC1. The number of carboxylic acid groups (broad SMARTS) is 1. The molecule has 1 aromatic carbocycles. The Hall–Kier alpha value is -3.67. The van der Waals surface area contributed by atoms with Gasteiger partial charge in [0, 0.05) is 63.0 Å². The van der Waals surface area contributed by atoms with Crippen molar-refractivity contribution >= 4 is 29.3 Å². The molecule has 0 radical (unpaired) electrons. The molecule has 2 saturated heterocycles.